The first-order valence-electron chi connectivity index (χ1n) is 7.37. The molecule has 6 nitrogen and oxygen atoms in total. The predicted molar refractivity (Wildman–Crippen MR) is 85.9 cm³/mol. The third-order valence-corrected chi connectivity index (χ3v) is 3.73. The molecular formula is C16H30N2O4. The van der Waals surface area contributed by atoms with Gasteiger partial charge in [0.2, 0.25) is 0 Å². The van der Waals surface area contributed by atoms with Gasteiger partial charge in [0, 0.05) is 18.2 Å². The summed E-state index contributed by atoms with van der Waals surface area (Å²) < 4.78 is 8.42. The van der Waals surface area contributed by atoms with Crippen molar-refractivity contribution in [2.45, 2.75) is 46.1 Å². The van der Waals surface area contributed by atoms with Crippen LogP contribution < -0.4 is 11.5 Å². The Hall–Kier alpha value is -1.40. The topological polar surface area (TPSA) is 105 Å². The molecule has 1 aliphatic carbocycles. The van der Waals surface area contributed by atoms with Crippen molar-refractivity contribution in [3.05, 3.63) is 12.2 Å². The zero-order valence-electron chi connectivity index (χ0n) is 14.3. The van der Waals surface area contributed by atoms with E-state index in [0.717, 1.165) is 31.5 Å². The molecule has 1 aliphatic rings. The van der Waals surface area contributed by atoms with E-state index in [4.69, 9.17) is 11.5 Å². The highest BCUT2D eigenvalue weighted by atomic mass is 16.5. The number of nitrogens with two attached hydrogens (primary N) is 2. The molecule has 0 aromatic rings. The minimum Gasteiger partial charge on any atom is -0.466 e. The summed E-state index contributed by atoms with van der Waals surface area (Å²) in [6.07, 6.45) is 5.43. The molecule has 1 rings (SSSR count). The van der Waals surface area contributed by atoms with Gasteiger partial charge in [-0.2, -0.15) is 0 Å². The fourth-order valence-electron chi connectivity index (χ4n) is 3.14. The summed E-state index contributed by atoms with van der Waals surface area (Å²) in [6.45, 7) is 7.61. The van der Waals surface area contributed by atoms with Crippen LogP contribution in [0.4, 0.5) is 0 Å². The van der Waals surface area contributed by atoms with Crippen molar-refractivity contribution in [3.63, 3.8) is 0 Å². The molecule has 4 N–H and O–H groups in total. The SMILES string of the molecule is CC1(C)CC(N)CC(C)(CN)C1.COC(=O)/C=C\C(=O)OC. The first-order valence-corrected chi connectivity index (χ1v) is 7.37. The van der Waals surface area contributed by atoms with E-state index in [9.17, 15) is 9.59 Å². The molecule has 0 amide bonds. The van der Waals surface area contributed by atoms with Crippen LogP contribution in [0, 0.1) is 10.8 Å². The summed E-state index contributed by atoms with van der Waals surface area (Å²) in [4.78, 5) is 20.6. The van der Waals surface area contributed by atoms with Gasteiger partial charge in [0.15, 0.2) is 0 Å². The van der Waals surface area contributed by atoms with E-state index in [1.54, 1.807) is 0 Å². The highest BCUT2D eigenvalue weighted by Crippen LogP contribution is 2.44. The first-order chi connectivity index (χ1) is 10.1. The maximum atomic E-state index is 10.3. The van der Waals surface area contributed by atoms with Crippen molar-refractivity contribution in [1.29, 1.82) is 0 Å². The third-order valence-electron chi connectivity index (χ3n) is 3.73. The number of carbonyl (C=O) groups excluding carboxylic acids is 2. The molecule has 22 heavy (non-hydrogen) atoms. The van der Waals surface area contributed by atoms with Gasteiger partial charge in [0.05, 0.1) is 14.2 Å². The molecule has 0 radical (unpaired) electrons. The van der Waals surface area contributed by atoms with Crippen molar-refractivity contribution in [1.82, 2.24) is 0 Å². The Morgan fingerprint density at radius 3 is 1.86 bits per heavy atom. The second kappa shape index (κ2) is 8.90. The zero-order chi connectivity index (χ0) is 17.4. The lowest BCUT2D eigenvalue weighted by Crippen LogP contribution is -2.45. The minimum atomic E-state index is -0.578. The number of esters is 2. The van der Waals surface area contributed by atoms with Crippen LogP contribution in [0.15, 0.2) is 12.2 Å². The van der Waals surface area contributed by atoms with E-state index in [0.29, 0.717) is 11.5 Å². The van der Waals surface area contributed by atoms with E-state index in [2.05, 4.69) is 30.2 Å². The van der Waals surface area contributed by atoms with Crippen molar-refractivity contribution in [3.8, 4) is 0 Å². The highest BCUT2D eigenvalue weighted by Gasteiger charge is 2.38. The smallest absolute Gasteiger partial charge is 0.330 e. The molecule has 2 atom stereocenters. The normalized spacial score (nSPS) is 26.8. The molecule has 1 fully saturated rings. The quantitative estimate of drug-likeness (QED) is 0.602. The summed E-state index contributed by atoms with van der Waals surface area (Å²) >= 11 is 0. The molecule has 0 bridgehead atoms. The van der Waals surface area contributed by atoms with Crippen LogP contribution in [0.1, 0.15) is 40.0 Å². The summed E-state index contributed by atoms with van der Waals surface area (Å²) in [5, 5.41) is 0. The summed E-state index contributed by atoms with van der Waals surface area (Å²) in [6, 6.07) is 0.349. The molecule has 0 saturated heterocycles. The fraction of sp³-hybridized carbons (Fsp3) is 0.750. The van der Waals surface area contributed by atoms with E-state index in [-0.39, 0.29) is 5.41 Å². The van der Waals surface area contributed by atoms with Gasteiger partial charge in [0.25, 0.3) is 0 Å². The van der Waals surface area contributed by atoms with Crippen LogP contribution in [0.25, 0.3) is 0 Å². The lowest BCUT2D eigenvalue weighted by molar-refractivity contribution is -0.137. The minimum absolute atomic E-state index is 0.279. The van der Waals surface area contributed by atoms with Gasteiger partial charge >= 0.3 is 11.9 Å². The van der Waals surface area contributed by atoms with Gasteiger partial charge in [-0.1, -0.05) is 20.8 Å². The lowest BCUT2D eigenvalue weighted by Gasteiger charge is -2.45. The molecule has 1 saturated carbocycles. The van der Waals surface area contributed by atoms with Crippen molar-refractivity contribution < 1.29 is 19.1 Å². The Labute approximate surface area is 133 Å². The average molecular weight is 314 g/mol. The maximum absolute atomic E-state index is 10.3. The molecular weight excluding hydrogens is 284 g/mol. The molecule has 0 spiro atoms. The number of rotatable bonds is 3. The number of methoxy groups -OCH3 is 2. The number of ether oxygens (including phenoxy) is 2. The number of hydrogen-bond acceptors (Lipinski definition) is 6. The monoisotopic (exact) mass is 314 g/mol. The second-order valence-electron chi connectivity index (χ2n) is 6.90. The van der Waals surface area contributed by atoms with Gasteiger partial charge in [-0.15, -0.1) is 0 Å². The van der Waals surface area contributed by atoms with E-state index < -0.39 is 11.9 Å². The van der Waals surface area contributed by atoms with E-state index >= 15 is 0 Å². The summed E-state index contributed by atoms with van der Waals surface area (Å²) in [5.74, 6) is -1.16. The Morgan fingerprint density at radius 2 is 1.55 bits per heavy atom. The first kappa shape index (κ1) is 20.6. The Bertz CT molecular complexity index is 389. The average Bonchev–Trinajstić information content (AvgIpc) is 2.42. The molecule has 128 valence electrons. The largest absolute Gasteiger partial charge is 0.466 e. The second-order valence-corrected chi connectivity index (χ2v) is 6.90. The van der Waals surface area contributed by atoms with Crippen LogP contribution in [0.3, 0.4) is 0 Å². The summed E-state index contributed by atoms with van der Waals surface area (Å²) in [5.41, 5.74) is 12.4. The molecule has 0 aromatic heterocycles. The molecule has 0 aliphatic heterocycles. The Morgan fingerprint density at radius 1 is 1.09 bits per heavy atom. The van der Waals surface area contributed by atoms with Crippen molar-refractivity contribution in [2.24, 2.45) is 22.3 Å². The van der Waals surface area contributed by atoms with Gasteiger partial charge < -0.3 is 20.9 Å². The van der Waals surface area contributed by atoms with Gasteiger partial charge in [-0.05, 0) is 36.6 Å². The Kier molecular flexibility index (Phi) is 8.34. The highest BCUT2D eigenvalue weighted by molar-refractivity contribution is 5.91. The third kappa shape index (κ3) is 8.14. The molecule has 2 unspecified atom stereocenters. The molecule has 0 aromatic carbocycles. The van der Waals surface area contributed by atoms with Crippen LogP contribution >= 0.6 is 0 Å². The molecule has 0 heterocycles. The van der Waals surface area contributed by atoms with Crippen LogP contribution in [-0.4, -0.2) is 38.7 Å². The predicted octanol–water partition coefficient (Wildman–Crippen LogP) is 1.38. The van der Waals surface area contributed by atoms with E-state index in [1.165, 1.54) is 20.6 Å². The summed E-state index contributed by atoms with van der Waals surface area (Å²) in [7, 11) is 2.45. The Balaban J connectivity index is 0.000000409. The van der Waals surface area contributed by atoms with Gasteiger partial charge in [-0.25, -0.2) is 9.59 Å². The van der Waals surface area contributed by atoms with Crippen molar-refractivity contribution in [2.75, 3.05) is 20.8 Å². The van der Waals surface area contributed by atoms with Crippen molar-refractivity contribution >= 4 is 11.9 Å². The van der Waals surface area contributed by atoms with Crippen LogP contribution in [0.2, 0.25) is 0 Å². The van der Waals surface area contributed by atoms with Crippen LogP contribution in [-0.2, 0) is 19.1 Å². The molecule has 6 heteroatoms. The lowest BCUT2D eigenvalue weighted by atomic mass is 9.63. The van der Waals surface area contributed by atoms with E-state index in [1.807, 2.05) is 0 Å². The van der Waals surface area contributed by atoms with Gasteiger partial charge in [0.1, 0.15) is 0 Å². The maximum Gasteiger partial charge on any atom is 0.330 e. The zero-order valence-corrected chi connectivity index (χ0v) is 14.3. The van der Waals surface area contributed by atoms with Crippen LogP contribution in [0.5, 0.6) is 0 Å². The standard InChI is InChI=1S/C10H22N2.C6H8O4/c1-9(2)4-8(12)5-10(3,6-9)7-11;1-9-5(7)3-4-6(8)10-2/h8H,4-7,11-12H2,1-3H3;3-4H,1-2H3/b;4-3-. The van der Waals surface area contributed by atoms with Gasteiger partial charge in [-0.3, -0.25) is 0 Å². The number of hydrogen-bond donors (Lipinski definition) is 2. The fourth-order valence-corrected chi connectivity index (χ4v) is 3.14. The number of carbonyl (C=O) groups is 2.